The Kier molecular flexibility index (Phi) is 4.93. The van der Waals surface area contributed by atoms with Gasteiger partial charge < -0.3 is 11.1 Å². The number of nitrogens with zero attached hydrogens (tertiary/aromatic N) is 3. The molecule has 0 radical (unpaired) electrons. The summed E-state index contributed by atoms with van der Waals surface area (Å²) in [5.41, 5.74) is 11.7. The largest absolute Gasteiger partial charge is 0.364 e. The van der Waals surface area contributed by atoms with Gasteiger partial charge in [0.1, 0.15) is 5.69 Å². The van der Waals surface area contributed by atoms with Crippen LogP contribution in [0.1, 0.15) is 50.5 Å². The molecule has 4 aromatic rings. The maximum atomic E-state index is 13.4. The van der Waals surface area contributed by atoms with E-state index in [4.69, 9.17) is 10.7 Å². The second-order valence-corrected chi connectivity index (χ2v) is 8.15. The molecule has 7 heteroatoms. The van der Waals surface area contributed by atoms with Crippen molar-refractivity contribution in [3.63, 3.8) is 0 Å². The van der Waals surface area contributed by atoms with E-state index in [0.29, 0.717) is 5.69 Å². The van der Waals surface area contributed by atoms with E-state index in [9.17, 15) is 9.59 Å². The fraction of sp³-hybridized carbons (Fsp3) is 0.200. The highest BCUT2D eigenvalue weighted by molar-refractivity contribution is 6.13. The predicted molar refractivity (Wildman–Crippen MR) is 123 cm³/mol. The summed E-state index contributed by atoms with van der Waals surface area (Å²) in [4.78, 5) is 29.5. The lowest BCUT2D eigenvalue weighted by molar-refractivity contribution is 0.0993. The first kappa shape index (κ1) is 19.9. The fourth-order valence-electron chi connectivity index (χ4n) is 4.29. The molecule has 7 nitrogen and oxygen atoms in total. The molecule has 0 fully saturated rings. The first-order chi connectivity index (χ1) is 15.5. The van der Waals surface area contributed by atoms with E-state index in [-0.39, 0.29) is 11.6 Å². The Hall–Kier alpha value is -4.00. The van der Waals surface area contributed by atoms with Crippen molar-refractivity contribution in [2.45, 2.75) is 32.6 Å². The third-order valence-electron chi connectivity index (χ3n) is 5.88. The number of nitrogens with two attached hydrogens (primary N) is 1. The number of benzene rings is 2. The molecule has 160 valence electrons. The molecule has 0 aliphatic heterocycles. The van der Waals surface area contributed by atoms with Gasteiger partial charge >= 0.3 is 0 Å². The number of carbonyl (C=O) groups is 2. The van der Waals surface area contributed by atoms with Crippen LogP contribution in [-0.4, -0.2) is 26.6 Å². The highest BCUT2D eigenvalue weighted by Gasteiger charge is 2.23. The highest BCUT2D eigenvalue weighted by atomic mass is 16.2. The summed E-state index contributed by atoms with van der Waals surface area (Å²) in [6.45, 7) is 2.03. The van der Waals surface area contributed by atoms with Gasteiger partial charge in [-0.05, 0) is 80.6 Å². The molecule has 2 heterocycles. The molecule has 0 saturated carbocycles. The van der Waals surface area contributed by atoms with Crippen molar-refractivity contribution < 1.29 is 9.59 Å². The van der Waals surface area contributed by atoms with E-state index >= 15 is 0 Å². The maximum Gasteiger partial charge on any atom is 0.269 e. The number of primary amides is 1. The Morgan fingerprint density at radius 3 is 2.56 bits per heavy atom. The van der Waals surface area contributed by atoms with Crippen LogP contribution >= 0.6 is 0 Å². The van der Waals surface area contributed by atoms with Crippen molar-refractivity contribution in [1.29, 1.82) is 0 Å². The Labute approximate surface area is 185 Å². The van der Waals surface area contributed by atoms with Gasteiger partial charge in [0, 0.05) is 23.0 Å². The van der Waals surface area contributed by atoms with Crippen LogP contribution in [0.3, 0.4) is 0 Å². The second kappa shape index (κ2) is 7.92. The van der Waals surface area contributed by atoms with Crippen LogP contribution in [0.5, 0.6) is 0 Å². The van der Waals surface area contributed by atoms with Gasteiger partial charge in [-0.3, -0.25) is 14.6 Å². The third kappa shape index (κ3) is 3.62. The van der Waals surface area contributed by atoms with E-state index in [1.165, 1.54) is 0 Å². The van der Waals surface area contributed by atoms with Crippen LogP contribution in [0.15, 0.2) is 54.7 Å². The first-order valence-corrected chi connectivity index (χ1v) is 10.7. The summed E-state index contributed by atoms with van der Waals surface area (Å²) < 4.78 is 1.57. The number of rotatable bonds is 4. The molecule has 32 heavy (non-hydrogen) atoms. The maximum absolute atomic E-state index is 13.4. The lowest BCUT2D eigenvalue weighted by Gasteiger charge is -2.20. The summed E-state index contributed by atoms with van der Waals surface area (Å²) in [5, 5.41) is 8.11. The van der Waals surface area contributed by atoms with Gasteiger partial charge in [0.15, 0.2) is 0 Å². The first-order valence-electron chi connectivity index (χ1n) is 10.7. The van der Waals surface area contributed by atoms with E-state index in [2.05, 4.69) is 10.4 Å². The zero-order chi connectivity index (χ0) is 22.2. The number of fused-ring (bicyclic) bond motifs is 2. The summed E-state index contributed by atoms with van der Waals surface area (Å²) in [6.07, 6.45) is 5.62. The molecule has 1 aliphatic carbocycles. The SMILES string of the molecule is Cc1ccc2nc3c(c(C(=O)Nc4ccc(-n5ccc(C(N)=O)n5)cc4)c2c1)CCCC3. The summed E-state index contributed by atoms with van der Waals surface area (Å²) >= 11 is 0. The predicted octanol–water partition coefficient (Wildman–Crippen LogP) is 3.96. The van der Waals surface area contributed by atoms with Gasteiger partial charge in [-0.25, -0.2) is 4.68 Å². The molecular formula is C25H23N5O2. The molecule has 5 rings (SSSR count). The van der Waals surface area contributed by atoms with Crippen molar-refractivity contribution >= 4 is 28.4 Å². The van der Waals surface area contributed by atoms with Gasteiger partial charge in [0.2, 0.25) is 0 Å². The average Bonchev–Trinajstić information content (AvgIpc) is 3.29. The molecule has 1 aliphatic rings. The van der Waals surface area contributed by atoms with Crippen LogP contribution in [0.4, 0.5) is 5.69 Å². The number of aromatic nitrogens is 3. The minimum absolute atomic E-state index is 0.121. The number of hydrogen-bond donors (Lipinski definition) is 2. The van der Waals surface area contributed by atoms with Gasteiger partial charge in [-0.15, -0.1) is 0 Å². The molecule has 2 aromatic carbocycles. The Bertz CT molecular complexity index is 1360. The third-order valence-corrected chi connectivity index (χ3v) is 5.88. The van der Waals surface area contributed by atoms with Crippen LogP contribution in [0, 0.1) is 6.92 Å². The molecule has 0 spiro atoms. The van der Waals surface area contributed by atoms with E-state index in [1.54, 1.807) is 16.9 Å². The van der Waals surface area contributed by atoms with Crippen LogP contribution < -0.4 is 11.1 Å². The molecular weight excluding hydrogens is 402 g/mol. The molecule has 0 unspecified atom stereocenters. The lowest BCUT2D eigenvalue weighted by Crippen LogP contribution is -2.19. The average molecular weight is 425 g/mol. The number of carbonyl (C=O) groups excluding carboxylic acids is 2. The van der Waals surface area contributed by atoms with Crippen LogP contribution in [0.2, 0.25) is 0 Å². The number of pyridine rings is 1. The summed E-state index contributed by atoms with van der Waals surface area (Å²) in [6, 6.07) is 14.9. The normalized spacial score (nSPS) is 13.0. The number of hydrogen-bond acceptors (Lipinski definition) is 4. The molecule has 3 N–H and O–H groups in total. The minimum Gasteiger partial charge on any atom is -0.364 e. The van der Waals surface area contributed by atoms with Crippen molar-refractivity contribution in [3.05, 3.63) is 82.8 Å². The van der Waals surface area contributed by atoms with E-state index < -0.39 is 5.91 Å². The van der Waals surface area contributed by atoms with Gasteiger partial charge in [-0.2, -0.15) is 5.10 Å². The Morgan fingerprint density at radius 2 is 1.81 bits per heavy atom. The van der Waals surface area contributed by atoms with Crippen molar-refractivity contribution in [2.24, 2.45) is 5.73 Å². The number of anilines is 1. The van der Waals surface area contributed by atoms with Gasteiger partial charge in [-0.1, -0.05) is 11.6 Å². The number of nitrogens with one attached hydrogen (secondary N) is 1. The quantitative estimate of drug-likeness (QED) is 0.516. The smallest absolute Gasteiger partial charge is 0.269 e. The zero-order valence-electron chi connectivity index (χ0n) is 17.8. The summed E-state index contributed by atoms with van der Waals surface area (Å²) in [7, 11) is 0. The Morgan fingerprint density at radius 1 is 1.03 bits per heavy atom. The van der Waals surface area contributed by atoms with Gasteiger partial charge in [0.25, 0.3) is 11.8 Å². The molecule has 0 saturated heterocycles. The van der Waals surface area contributed by atoms with E-state index in [1.807, 2.05) is 49.4 Å². The topological polar surface area (TPSA) is 103 Å². The summed E-state index contributed by atoms with van der Waals surface area (Å²) in [5.74, 6) is -0.695. The number of aryl methyl sites for hydroxylation is 2. The molecule has 0 atom stereocenters. The van der Waals surface area contributed by atoms with E-state index in [0.717, 1.165) is 64.7 Å². The fourth-order valence-corrected chi connectivity index (χ4v) is 4.29. The molecule has 2 aromatic heterocycles. The van der Waals surface area contributed by atoms with Gasteiger partial charge in [0.05, 0.1) is 16.8 Å². The van der Waals surface area contributed by atoms with Crippen molar-refractivity contribution in [2.75, 3.05) is 5.32 Å². The minimum atomic E-state index is -0.573. The monoisotopic (exact) mass is 425 g/mol. The van der Waals surface area contributed by atoms with Crippen LogP contribution in [0.25, 0.3) is 16.6 Å². The highest BCUT2D eigenvalue weighted by Crippen LogP contribution is 2.30. The van der Waals surface area contributed by atoms with Crippen molar-refractivity contribution in [1.82, 2.24) is 14.8 Å². The van der Waals surface area contributed by atoms with Crippen LogP contribution in [-0.2, 0) is 12.8 Å². The molecule has 2 amide bonds. The molecule has 0 bridgehead atoms. The Balaban J connectivity index is 1.47. The second-order valence-electron chi connectivity index (χ2n) is 8.15. The standard InChI is InChI=1S/C25H23N5O2/c1-15-6-11-21-19(14-15)23(18-4-2-3-5-20(18)28-21)25(32)27-16-7-9-17(10-8-16)30-13-12-22(29-30)24(26)31/h6-14H,2-5H2,1H3,(H2,26,31)(H,27,32). The van der Waals surface area contributed by atoms with Crippen molar-refractivity contribution in [3.8, 4) is 5.69 Å². The number of amides is 2. The zero-order valence-corrected chi connectivity index (χ0v) is 17.8. The lowest BCUT2D eigenvalue weighted by atomic mass is 9.89.